The molecular formula is C14H27N3O. The number of hydrogen-bond acceptors (Lipinski definition) is 3. The lowest BCUT2D eigenvalue weighted by molar-refractivity contribution is -0.129. The van der Waals surface area contributed by atoms with Gasteiger partial charge in [0.15, 0.2) is 0 Å². The van der Waals surface area contributed by atoms with Gasteiger partial charge in [0.2, 0.25) is 5.91 Å². The SMILES string of the molecule is CCN1CCC(CN2CNC(CC(C)C)C2=O)C1. The van der Waals surface area contributed by atoms with Crippen molar-refractivity contribution in [3.63, 3.8) is 0 Å². The van der Waals surface area contributed by atoms with E-state index in [4.69, 9.17) is 0 Å². The van der Waals surface area contributed by atoms with Gasteiger partial charge in [-0.3, -0.25) is 10.1 Å². The summed E-state index contributed by atoms with van der Waals surface area (Å²) in [6, 6.07) is 0.0636. The fourth-order valence-corrected chi connectivity index (χ4v) is 3.08. The van der Waals surface area contributed by atoms with Gasteiger partial charge >= 0.3 is 0 Å². The van der Waals surface area contributed by atoms with E-state index in [2.05, 4.69) is 31.0 Å². The molecule has 104 valence electrons. The number of amides is 1. The highest BCUT2D eigenvalue weighted by atomic mass is 16.2. The number of carbonyl (C=O) groups is 1. The van der Waals surface area contributed by atoms with Crippen LogP contribution in [0.1, 0.15) is 33.6 Å². The molecule has 0 spiro atoms. The van der Waals surface area contributed by atoms with Crippen LogP contribution >= 0.6 is 0 Å². The summed E-state index contributed by atoms with van der Waals surface area (Å²) in [6.45, 7) is 11.8. The summed E-state index contributed by atoms with van der Waals surface area (Å²) < 4.78 is 0. The summed E-state index contributed by atoms with van der Waals surface area (Å²) in [6.07, 6.45) is 2.20. The van der Waals surface area contributed by atoms with Crippen molar-refractivity contribution in [2.24, 2.45) is 11.8 Å². The first-order valence-corrected chi connectivity index (χ1v) is 7.34. The Morgan fingerprint density at radius 3 is 2.83 bits per heavy atom. The fraction of sp³-hybridized carbons (Fsp3) is 0.929. The number of nitrogens with zero attached hydrogens (tertiary/aromatic N) is 2. The van der Waals surface area contributed by atoms with E-state index in [0.29, 0.717) is 17.7 Å². The van der Waals surface area contributed by atoms with Gasteiger partial charge in [-0.1, -0.05) is 20.8 Å². The second kappa shape index (κ2) is 6.02. The van der Waals surface area contributed by atoms with Crippen LogP contribution in [-0.2, 0) is 4.79 Å². The van der Waals surface area contributed by atoms with E-state index in [0.717, 1.165) is 32.7 Å². The van der Waals surface area contributed by atoms with Crippen LogP contribution in [0.3, 0.4) is 0 Å². The van der Waals surface area contributed by atoms with Gasteiger partial charge in [0, 0.05) is 13.1 Å². The van der Waals surface area contributed by atoms with Crippen LogP contribution < -0.4 is 5.32 Å². The van der Waals surface area contributed by atoms with Crippen molar-refractivity contribution in [1.29, 1.82) is 0 Å². The van der Waals surface area contributed by atoms with Gasteiger partial charge in [-0.15, -0.1) is 0 Å². The maximum atomic E-state index is 12.2. The minimum atomic E-state index is 0.0636. The number of nitrogens with one attached hydrogen (secondary N) is 1. The molecule has 0 aromatic carbocycles. The Labute approximate surface area is 111 Å². The van der Waals surface area contributed by atoms with Crippen LogP contribution in [0.4, 0.5) is 0 Å². The molecule has 2 unspecified atom stereocenters. The summed E-state index contributed by atoms with van der Waals surface area (Å²) in [5, 5.41) is 3.35. The Hall–Kier alpha value is -0.610. The number of rotatable bonds is 5. The van der Waals surface area contributed by atoms with Gasteiger partial charge in [-0.2, -0.15) is 0 Å². The van der Waals surface area contributed by atoms with Gasteiger partial charge in [-0.05, 0) is 37.8 Å². The average molecular weight is 253 g/mol. The van der Waals surface area contributed by atoms with E-state index >= 15 is 0 Å². The van der Waals surface area contributed by atoms with Crippen molar-refractivity contribution >= 4 is 5.91 Å². The van der Waals surface area contributed by atoms with E-state index in [1.807, 2.05) is 4.90 Å². The third-order valence-electron chi connectivity index (χ3n) is 4.14. The zero-order chi connectivity index (χ0) is 13.1. The van der Waals surface area contributed by atoms with Crippen LogP contribution in [0.25, 0.3) is 0 Å². The predicted octanol–water partition coefficient (Wildman–Crippen LogP) is 1.13. The highest BCUT2D eigenvalue weighted by Gasteiger charge is 2.33. The number of hydrogen-bond donors (Lipinski definition) is 1. The molecule has 2 saturated heterocycles. The van der Waals surface area contributed by atoms with Crippen molar-refractivity contribution in [3.05, 3.63) is 0 Å². The number of carbonyl (C=O) groups excluding carboxylic acids is 1. The minimum absolute atomic E-state index is 0.0636. The summed E-state index contributed by atoms with van der Waals surface area (Å²) in [7, 11) is 0. The van der Waals surface area contributed by atoms with Crippen LogP contribution in [0.15, 0.2) is 0 Å². The minimum Gasteiger partial charge on any atom is -0.328 e. The summed E-state index contributed by atoms with van der Waals surface area (Å²) in [5.41, 5.74) is 0. The first-order chi connectivity index (χ1) is 8.60. The summed E-state index contributed by atoms with van der Waals surface area (Å²) >= 11 is 0. The molecule has 0 aromatic heterocycles. The first kappa shape index (κ1) is 13.8. The molecular weight excluding hydrogens is 226 g/mol. The van der Waals surface area contributed by atoms with E-state index in [1.54, 1.807) is 0 Å². The molecule has 2 aliphatic heterocycles. The third kappa shape index (κ3) is 3.23. The van der Waals surface area contributed by atoms with E-state index < -0.39 is 0 Å². The molecule has 0 bridgehead atoms. The largest absolute Gasteiger partial charge is 0.328 e. The topological polar surface area (TPSA) is 35.6 Å². The molecule has 0 radical (unpaired) electrons. The monoisotopic (exact) mass is 253 g/mol. The van der Waals surface area contributed by atoms with Crippen LogP contribution in [0, 0.1) is 11.8 Å². The second-order valence-corrected chi connectivity index (χ2v) is 6.15. The Bertz CT molecular complexity index is 293. The molecule has 4 nitrogen and oxygen atoms in total. The Morgan fingerprint density at radius 1 is 1.44 bits per heavy atom. The lowest BCUT2D eigenvalue weighted by atomic mass is 10.0. The summed E-state index contributed by atoms with van der Waals surface area (Å²) in [5.74, 6) is 1.57. The molecule has 2 atom stereocenters. The summed E-state index contributed by atoms with van der Waals surface area (Å²) in [4.78, 5) is 16.7. The molecule has 0 aromatic rings. The van der Waals surface area contributed by atoms with Crippen LogP contribution in [0.2, 0.25) is 0 Å². The normalized spacial score (nSPS) is 29.8. The van der Waals surface area contributed by atoms with Crippen LogP contribution in [-0.4, -0.2) is 54.6 Å². The molecule has 2 heterocycles. The molecule has 4 heteroatoms. The van der Waals surface area contributed by atoms with Gasteiger partial charge in [0.1, 0.15) is 0 Å². The molecule has 1 amide bonds. The molecule has 0 saturated carbocycles. The molecule has 2 rings (SSSR count). The van der Waals surface area contributed by atoms with E-state index in [9.17, 15) is 4.79 Å². The second-order valence-electron chi connectivity index (χ2n) is 6.15. The quantitative estimate of drug-likeness (QED) is 0.798. The van der Waals surface area contributed by atoms with Crippen molar-refractivity contribution in [3.8, 4) is 0 Å². The lowest BCUT2D eigenvalue weighted by Crippen LogP contribution is -2.35. The molecule has 1 N–H and O–H groups in total. The van der Waals surface area contributed by atoms with E-state index in [-0.39, 0.29) is 6.04 Å². The van der Waals surface area contributed by atoms with Crippen molar-refractivity contribution in [1.82, 2.24) is 15.1 Å². The highest BCUT2D eigenvalue weighted by molar-refractivity contribution is 5.83. The zero-order valence-electron chi connectivity index (χ0n) is 12.0. The van der Waals surface area contributed by atoms with Gasteiger partial charge in [-0.25, -0.2) is 0 Å². The third-order valence-corrected chi connectivity index (χ3v) is 4.14. The fourth-order valence-electron chi connectivity index (χ4n) is 3.08. The van der Waals surface area contributed by atoms with E-state index in [1.165, 1.54) is 13.0 Å². The predicted molar refractivity (Wildman–Crippen MR) is 73.2 cm³/mol. The molecule has 2 fully saturated rings. The van der Waals surface area contributed by atoms with Gasteiger partial charge < -0.3 is 9.80 Å². The first-order valence-electron chi connectivity index (χ1n) is 7.34. The Balaban J connectivity index is 1.79. The lowest BCUT2D eigenvalue weighted by Gasteiger charge is -2.20. The van der Waals surface area contributed by atoms with Crippen molar-refractivity contribution < 1.29 is 4.79 Å². The van der Waals surface area contributed by atoms with Crippen LogP contribution in [0.5, 0.6) is 0 Å². The maximum absolute atomic E-state index is 12.2. The van der Waals surface area contributed by atoms with Crippen molar-refractivity contribution in [2.75, 3.05) is 32.8 Å². The highest BCUT2D eigenvalue weighted by Crippen LogP contribution is 2.20. The van der Waals surface area contributed by atoms with Gasteiger partial charge in [0.05, 0.1) is 12.7 Å². The Kier molecular flexibility index (Phi) is 4.62. The zero-order valence-corrected chi connectivity index (χ0v) is 12.0. The smallest absolute Gasteiger partial charge is 0.240 e. The maximum Gasteiger partial charge on any atom is 0.240 e. The molecule has 2 aliphatic rings. The van der Waals surface area contributed by atoms with Gasteiger partial charge in [0.25, 0.3) is 0 Å². The molecule has 0 aliphatic carbocycles. The average Bonchev–Trinajstić information content (AvgIpc) is 2.90. The standard InChI is InChI=1S/C14H27N3O/c1-4-16-6-5-12(8-16)9-17-10-15-13(14(17)18)7-11(2)3/h11-13,15H,4-10H2,1-3H3. The Morgan fingerprint density at radius 2 is 2.22 bits per heavy atom. The molecule has 18 heavy (non-hydrogen) atoms. The number of likely N-dealkylation sites (tertiary alicyclic amines) is 1. The van der Waals surface area contributed by atoms with Crippen molar-refractivity contribution in [2.45, 2.75) is 39.7 Å².